The van der Waals surface area contributed by atoms with Crippen LogP contribution in [0.3, 0.4) is 0 Å². The molecule has 1 aliphatic heterocycles. The summed E-state index contributed by atoms with van der Waals surface area (Å²) in [6.45, 7) is 5.00. The number of H-pyrrole nitrogens is 1. The van der Waals surface area contributed by atoms with Crippen molar-refractivity contribution < 1.29 is 9.47 Å². The Morgan fingerprint density at radius 3 is 3.00 bits per heavy atom. The van der Waals surface area contributed by atoms with Gasteiger partial charge < -0.3 is 19.8 Å². The molecule has 0 spiro atoms. The lowest BCUT2D eigenvalue weighted by atomic mass is 10.2. The fourth-order valence-electron chi connectivity index (χ4n) is 1.62. The maximum absolute atomic E-state index is 5.49. The third-order valence-corrected chi connectivity index (χ3v) is 2.50. The van der Waals surface area contributed by atoms with Gasteiger partial charge in [0.1, 0.15) is 5.82 Å². The van der Waals surface area contributed by atoms with E-state index in [0.29, 0.717) is 13.2 Å². The molecule has 1 aromatic rings. The highest BCUT2D eigenvalue weighted by Crippen LogP contribution is 2.21. The molecule has 0 aliphatic carbocycles. The van der Waals surface area contributed by atoms with Crippen LogP contribution in [0.5, 0.6) is 0 Å². The Morgan fingerprint density at radius 2 is 2.33 bits per heavy atom. The van der Waals surface area contributed by atoms with Crippen molar-refractivity contribution in [2.75, 3.05) is 19.8 Å². The van der Waals surface area contributed by atoms with E-state index in [-0.39, 0.29) is 0 Å². The molecule has 0 aromatic carbocycles. The van der Waals surface area contributed by atoms with E-state index in [4.69, 9.17) is 9.47 Å². The number of rotatable bonds is 5. The Labute approximate surface area is 89.2 Å². The number of hydrogen-bond donors (Lipinski definition) is 2. The molecule has 84 valence electrons. The number of aromatic amines is 1. The van der Waals surface area contributed by atoms with Crippen molar-refractivity contribution in [3.8, 4) is 0 Å². The predicted molar refractivity (Wildman–Crippen MR) is 55.2 cm³/mol. The zero-order chi connectivity index (χ0) is 10.6. The van der Waals surface area contributed by atoms with Crippen LogP contribution in [0.2, 0.25) is 0 Å². The second-order valence-electron chi connectivity index (χ2n) is 3.79. The summed E-state index contributed by atoms with van der Waals surface area (Å²) in [7, 11) is 0. The quantitative estimate of drug-likeness (QED) is 0.702. The summed E-state index contributed by atoms with van der Waals surface area (Å²) in [6.07, 6.45) is 4.43. The fourth-order valence-corrected chi connectivity index (χ4v) is 1.62. The summed E-state index contributed by atoms with van der Waals surface area (Å²) in [5.41, 5.74) is 0. The van der Waals surface area contributed by atoms with Gasteiger partial charge in [0.25, 0.3) is 0 Å². The van der Waals surface area contributed by atoms with Gasteiger partial charge in [0.05, 0.1) is 19.8 Å². The third-order valence-electron chi connectivity index (χ3n) is 2.50. The van der Waals surface area contributed by atoms with Gasteiger partial charge >= 0.3 is 0 Å². The largest absolute Gasteiger partial charge is 0.348 e. The third kappa shape index (κ3) is 3.02. The van der Waals surface area contributed by atoms with Crippen LogP contribution in [0.25, 0.3) is 0 Å². The maximum Gasteiger partial charge on any atom is 0.166 e. The van der Waals surface area contributed by atoms with Crippen LogP contribution in [-0.2, 0) is 16.0 Å². The molecule has 0 saturated carbocycles. The van der Waals surface area contributed by atoms with E-state index in [1.807, 2.05) is 13.1 Å². The lowest BCUT2D eigenvalue weighted by Gasteiger charge is -2.21. The highest BCUT2D eigenvalue weighted by atomic mass is 16.7. The molecule has 0 atom stereocenters. The first-order valence-electron chi connectivity index (χ1n) is 5.25. The molecule has 5 nitrogen and oxygen atoms in total. The topological polar surface area (TPSA) is 59.2 Å². The Hall–Kier alpha value is -0.910. The Kier molecular flexibility index (Phi) is 3.35. The summed E-state index contributed by atoms with van der Waals surface area (Å²) in [5.74, 6) is 0.560. The fraction of sp³-hybridized carbons (Fsp3) is 0.700. The molecule has 1 saturated heterocycles. The molecule has 2 rings (SSSR count). The first-order chi connectivity index (χ1) is 7.29. The number of hydrogen-bond acceptors (Lipinski definition) is 4. The first-order valence-corrected chi connectivity index (χ1v) is 5.25. The number of aromatic nitrogens is 2. The van der Waals surface area contributed by atoms with E-state index in [2.05, 4.69) is 15.3 Å². The normalized spacial score (nSPS) is 19.5. The molecule has 5 heteroatoms. The second kappa shape index (κ2) is 4.74. The maximum atomic E-state index is 5.49. The highest BCUT2D eigenvalue weighted by Gasteiger charge is 2.29. The molecule has 0 radical (unpaired) electrons. The van der Waals surface area contributed by atoms with Crippen LogP contribution >= 0.6 is 0 Å². The lowest BCUT2D eigenvalue weighted by Crippen LogP contribution is -2.31. The van der Waals surface area contributed by atoms with Crippen molar-refractivity contribution in [3.63, 3.8) is 0 Å². The van der Waals surface area contributed by atoms with Gasteiger partial charge in [-0.25, -0.2) is 4.98 Å². The molecule has 2 heterocycles. The smallest absolute Gasteiger partial charge is 0.166 e. The van der Waals surface area contributed by atoms with Crippen LogP contribution < -0.4 is 5.32 Å². The van der Waals surface area contributed by atoms with Gasteiger partial charge in [0.15, 0.2) is 5.79 Å². The summed E-state index contributed by atoms with van der Waals surface area (Å²) < 4.78 is 11.0. The van der Waals surface area contributed by atoms with Gasteiger partial charge in [-0.15, -0.1) is 0 Å². The highest BCUT2D eigenvalue weighted by molar-refractivity contribution is 4.85. The molecule has 15 heavy (non-hydrogen) atoms. The second-order valence-corrected chi connectivity index (χ2v) is 3.79. The van der Waals surface area contributed by atoms with Crippen molar-refractivity contribution in [3.05, 3.63) is 18.2 Å². The van der Waals surface area contributed by atoms with Gasteiger partial charge in [-0.2, -0.15) is 0 Å². The number of ether oxygens (including phenoxy) is 2. The van der Waals surface area contributed by atoms with Gasteiger partial charge in [0.2, 0.25) is 0 Å². The van der Waals surface area contributed by atoms with Crippen LogP contribution in [0.4, 0.5) is 0 Å². The van der Waals surface area contributed by atoms with Crippen LogP contribution in [0.15, 0.2) is 12.4 Å². The molecule has 1 fully saturated rings. The molecule has 0 bridgehead atoms. The van der Waals surface area contributed by atoms with Crippen molar-refractivity contribution in [1.29, 1.82) is 0 Å². The number of nitrogens with one attached hydrogen (secondary N) is 2. The summed E-state index contributed by atoms with van der Waals surface area (Å²) >= 11 is 0. The van der Waals surface area contributed by atoms with E-state index < -0.39 is 5.79 Å². The van der Waals surface area contributed by atoms with Crippen molar-refractivity contribution >= 4 is 0 Å². The van der Waals surface area contributed by atoms with Crippen LogP contribution in [-0.4, -0.2) is 35.5 Å². The van der Waals surface area contributed by atoms with E-state index in [0.717, 1.165) is 25.3 Å². The average molecular weight is 211 g/mol. The lowest BCUT2D eigenvalue weighted by molar-refractivity contribution is -0.145. The minimum atomic E-state index is -0.393. The zero-order valence-electron chi connectivity index (χ0n) is 8.95. The Balaban J connectivity index is 1.62. The number of nitrogens with zero attached hydrogens (tertiary/aromatic N) is 1. The Bertz CT molecular complexity index is 281. The molecule has 0 amide bonds. The van der Waals surface area contributed by atoms with Crippen molar-refractivity contribution in [2.45, 2.75) is 25.7 Å². The van der Waals surface area contributed by atoms with Crippen molar-refractivity contribution in [1.82, 2.24) is 15.3 Å². The molecule has 2 N–H and O–H groups in total. The van der Waals surface area contributed by atoms with E-state index in [1.165, 1.54) is 0 Å². The van der Waals surface area contributed by atoms with Crippen LogP contribution in [0.1, 0.15) is 19.2 Å². The van der Waals surface area contributed by atoms with Gasteiger partial charge in [0, 0.05) is 25.4 Å². The zero-order valence-corrected chi connectivity index (χ0v) is 8.95. The molecule has 1 aliphatic rings. The monoisotopic (exact) mass is 211 g/mol. The summed E-state index contributed by atoms with van der Waals surface area (Å²) in [5, 5.41) is 3.29. The van der Waals surface area contributed by atoms with Crippen molar-refractivity contribution in [2.24, 2.45) is 0 Å². The predicted octanol–water partition coefficient (Wildman–Crippen LogP) is 0.652. The minimum Gasteiger partial charge on any atom is -0.348 e. The van der Waals surface area contributed by atoms with E-state index >= 15 is 0 Å². The van der Waals surface area contributed by atoms with E-state index in [1.54, 1.807) is 6.20 Å². The van der Waals surface area contributed by atoms with Crippen LogP contribution in [0, 0.1) is 0 Å². The summed E-state index contributed by atoms with van der Waals surface area (Å²) in [6, 6.07) is 0. The first kappa shape index (κ1) is 10.6. The molecular weight excluding hydrogens is 194 g/mol. The molecule has 1 aromatic heterocycles. The number of imidazole rings is 1. The summed E-state index contributed by atoms with van der Waals surface area (Å²) in [4.78, 5) is 7.16. The molecule has 0 unspecified atom stereocenters. The Morgan fingerprint density at radius 1 is 1.53 bits per heavy atom. The van der Waals surface area contributed by atoms with E-state index in [9.17, 15) is 0 Å². The van der Waals surface area contributed by atoms with Gasteiger partial charge in [-0.1, -0.05) is 0 Å². The standard InChI is InChI=1S/C10H17N3O2/c1-10(14-6-7-15-10)2-3-11-8-9-12-4-5-13-9/h4-5,11H,2-3,6-8H2,1H3,(H,12,13). The van der Waals surface area contributed by atoms with Gasteiger partial charge in [-0.05, 0) is 6.92 Å². The van der Waals surface area contributed by atoms with Gasteiger partial charge in [-0.3, -0.25) is 0 Å². The molecular formula is C10H17N3O2. The average Bonchev–Trinajstić information content (AvgIpc) is 2.84. The minimum absolute atomic E-state index is 0.393. The SMILES string of the molecule is CC1(CCNCc2ncc[nH]2)OCCO1.